The van der Waals surface area contributed by atoms with Crippen molar-refractivity contribution in [2.45, 2.75) is 86.1 Å². The highest BCUT2D eigenvalue weighted by Crippen LogP contribution is 2.28. The molecule has 104 valence electrons. The maximum Gasteiger partial charge on any atom is 0.0148 e. The highest BCUT2D eigenvalue weighted by Gasteiger charge is 2.20. The number of hydrogen-bond donors (Lipinski definition) is 1. The third kappa shape index (κ3) is 7.08. The molecule has 0 rings (SSSR count). The Morgan fingerprint density at radius 3 is 1.88 bits per heavy atom. The van der Waals surface area contributed by atoms with Gasteiger partial charge in [0.1, 0.15) is 0 Å². The summed E-state index contributed by atoms with van der Waals surface area (Å²) in [5, 5.41) is 3.75. The van der Waals surface area contributed by atoms with Crippen LogP contribution in [0, 0.1) is 11.3 Å². The molecule has 1 heteroatoms. The molecule has 0 bridgehead atoms. The minimum absolute atomic E-state index is 0.342. The summed E-state index contributed by atoms with van der Waals surface area (Å²) in [6, 6.07) is 0. The lowest BCUT2D eigenvalue weighted by molar-refractivity contribution is 0.263. The van der Waals surface area contributed by atoms with Crippen molar-refractivity contribution in [2.75, 3.05) is 6.54 Å². The summed E-state index contributed by atoms with van der Waals surface area (Å²) < 4.78 is 0. The van der Waals surface area contributed by atoms with E-state index in [1.165, 1.54) is 32.1 Å². The largest absolute Gasteiger partial charge is 0.311 e. The average Bonchev–Trinajstić information content (AvgIpc) is 2.33. The molecule has 1 unspecified atom stereocenters. The van der Waals surface area contributed by atoms with Gasteiger partial charge in [0.25, 0.3) is 0 Å². The summed E-state index contributed by atoms with van der Waals surface area (Å²) in [7, 11) is 0. The fourth-order valence-corrected chi connectivity index (χ4v) is 1.84. The summed E-state index contributed by atoms with van der Waals surface area (Å²) in [5.74, 6) is 0.790. The van der Waals surface area contributed by atoms with E-state index < -0.39 is 0 Å². The molecule has 0 aromatic heterocycles. The normalized spacial score (nSPS) is 15.0. The zero-order valence-corrected chi connectivity index (χ0v) is 13.3. The maximum atomic E-state index is 3.75. The standard InChI is InChI=1S/C16H35N/c1-8-15(5,6)12-11-14(4)13-17-16(7,9-2)10-3/h14,17H,8-13H2,1-7H3. The monoisotopic (exact) mass is 241 g/mol. The number of rotatable bonds is 9. The Morgan fingerprint density at radius 1 is 0.941 bits per heavy atom. The van der Waals surface area contributed by atoms with Gasteiger partial charge in [0.15, 0.2) is 0 Å². The molecule has 0 heterocycles. The van der Waals surface area contributed by atoms with Gasteiger partial charge < -0.3 is 5.32 Å². The Balaban J connectivity index is 3.91. The first kappa shape index (κ1) is 17.0. The third-order valence-electron chi connectivity index (χ3n) is 4.71. The molecular formula is C16H35N. The zero-order chi connectivity index (χ0) is 13.5. The molecule has 1 nitrogen and oxygen atoms in total. The van der Waals surface area contributed by atoms with Gasteiger partial charge in [0, 0.05) is 5.54 Å². The number of hydrogen-bond acceptors (Lipinski definition) is 1. The van der Waals surface area contributed by atoms with Gasteiger partial charge in [-0.15, -0.1) is 0 Å². The number of nitrogens with one attached hydrogen (secondary N) is 1. The van der Waals surface area contributed by atoms with Crippen molar-refractivity contribution in [1.29, 1.82) is 0 Å². The van der Waals surface area contributed by atoms with Gasteiger partial charge in [-0.25, -0.2) is 0 Å². The second-order valence-electron chi connectivity index (χ2n) is 6.81. The fraction of sp³-hybridized carbons (Fsp3) is 1.00. The van der Waals surface area contributed by atoms with E-state index in [0.717, 1.165) is 12.5 Å². The van der Waals surface area contributed by atoms with E-state index in [4.69, 9.17) is 0 Å². The molecule has 0 fully saturated rings. The van der Waals surface area contributed by atoms with Crippen LogP contribution in [0.2, 0.25) is 0 Å². The van der Waals surface area contributed by atoms with Crippen molar-refractivity contribution >= 4 is 0 Å². The Labute approximate surface area is 110 Å². The summed E-state index contributed by atoms with van der Waals surface area (Å²) in [6.45, 7) is 17.5. The van der Waals surface area contributed by atoms with Crippen molar-refractivity contribution in [3.05, 3.63) is 0 Å². The van der Waals surface area contributed by atoms with Crippen molar-refractivity contribution in [2.24, 2.45) is 11.3 Å². The third-order valence-corrected chi connectivity index (χ3v) is 4.71. The average molecular weight is 241 g/mol. The van der Waals surface area contributed by atoms with Gasteiger partial charge in [0.05, 0.1) is 0 Å². The summed E-state index contributed by atoms with van der Waals surface area (Å²) in [4.78, 5) is 0. The Hall–Kier alpha value is -0.0400. The van der Waals surface area contributed by atoms with Crippen LogP contribution in [0.4, 0.5) is 0 Å². The van der Waals surface area contributed by atoms with Crippen LogP contribution in [-0.4, -0.2) is 12.1 Å². The van der Waals surface area contributed by atoms with Gasteiger partial charge in [-0.05, 0) is 50.5 Å². The van der Waals surface area contributed by atoms with Crippen LogP contribution >= 0.6 is 0 Å². The van der Waals surface area contributed by atoms with Gasteiger partial charge in [-0.3, -0.25) is 0 Å². The maximum absolute atomic E-state index is 3.75. The molecular weight excluding hydrogens is 206 g/mol. The first-order chi connectivity index (χ1) is 7.78. The molecule has 0 aliphatic carbocycles. The quantitative estimate of drug-likeness (QED) is 0.598. The van der Waals surface area contributed by atoms with Crippen molar-refractivity contribution in [3.8, 4) is 0 Å². The molecule has 0 aliphatic heterocycles. The Bertz CT molecular complexity index is 192. The van der Waals surface area contributed by atoms with Gasteiger partial charge in [-0.1, -0.05) is 48.0 Å². The van der Waals surface area contributed by atoms with Crippen molar-refractivity contribution in [1.82, 2.24) is 5.32 Å². The smallest absolute Gasteiger partial charge is 0.0148 e. The minimum atomic E-state index is 0.342. The summed E-state index contributed by atoms with van der Waals surface area (Å²) in [5.41, 5.74) is 0.863. The van der Waals surface area contributed by atoms with Crippen LogP contribution in [0.25, 0.3) is 0 Å². The van der Waals surface area contributed by atoms with Crippen molar-refractivity contribution < 1.29 is 0 Å². The zero-order valence-electron chi connectivity index (χ0n) is 13.3. The molecule has 0 spiro atoms. The summed E-state index contributed by atoms with van der Waals surface area (Å²) in [6.07, 6.45) is 6.42. The highest BCUT2D eigenvalue weighted by atomic mass is 15.0. The predicted octanol–water partition coefficient (Wildman–Crippen LogP) is 5.01. The van der Waals surface area contributed by atoms with E-state index in [2.05, 4.69) is 53.8 Å². The van der Waals surface area contributed by atoms with Crippen LogP contribution in [0.5, 0.6) is 0 Å². The second-order valence-corrected chi connectivity index (χ2v) is 6.81. The molecule has 0 saturated carbocycles. The van der Waals surface area contributed by atoms with Gasteiger partial charge in [-0.2, -0.15) is 0 Å². The molecule has 0 saturated heterocycles. The molecule has 1 N–H and O–H groups in total. The van der Waals surface area contributed by atoms with E-state index in [0.29, 0.717) is 11.0 Å². The molecule has 0 radical (unpaired) electrons. The van der Waals surface area contributed by atoms with Crippen LogP contribution in [0.15, 0.2) is 0 Å². The predicted molar refractivity (Wildman–Crippen MR) is 79.5 cm³/mol. The van der Waals surface area contributed by atoms with Crippen molar-refractivity contribution in [3.63, 3.8) is 0 Å². The molecule has 0 aromatic carbocycles. The molecule has 0 aliphatic rings. The first-order valence-electron chi connectivity index (χ1n) is 7.53. The summed E-state index contributed by atoms with van der Waals surface area (Å²) >= 11 is 0. The van der Waals surface area contributed by atoms with Gasteiger partial charge >= 0.3 is 0 Å². The molecule has 0 aromatic rings. The molecule has 0 amide bonds. The lowest BCUT2D eigenvalue weighted by atomic mass is 9.82. The fourth-order valence-electron chi connectivity index (χ4n) is 1.84. The minimum Gasteiger partial charge on any atom is -0.311 e. The van der Waals surface area contributed by atoms with Gasteiger partial charge in [0.2, 0.25) is 0 Å². The van der Waals surface area contributed by atoms with Crippen LogP contribution < -0.4 is 5.32 Å². The van der Waals surface area contributed by atoms with E-state index in [1.54, 1.807) is 0 Å². The van der Waals surface area contributed by atoms with Crippen LogP contribution in [0.3, 0.4) is 0 Å². The Kier molecular flexibility index (Phi) is 7.39. The highest BCUT2D eigenvalue weighted by molar-refractivity contribution is 4.80. The molecule has 17 heavy (non-hydrogen) atoms. The van der Waals surface area contributed by atoms with Crippen LogP contribution in [0.1, 0.15) is 80.6 Å². The lowest BCUT2D eigenvalue weighted by Crippen LogP contribution is -2.43. The Morgan fingerprint density at radius 2 is 1.47 bits per heavy atom. The van der Waals surface area contributed by atoms with E-state index in [1.807, 2.05) is 0 Å². The topological polar surface area (TPSA) is 12.0 Å². The van der Waals surface area contributed by atoms with Crippen LogP contribution in [-0.2, 0) is 0 Å². The lowest BCUT2D eigenvalue weighted by Gasteiger charge is -2.31. The second kappa shape index (κ2) is 7.41. The van der Waals surface area contributed by atoms with E-state index >= 15 is 0 Å². The molecule has 1 atom stereocenters. The van der Waals surface area contributed by atoms with E-state index in [-0.39, 0.29) is 0 Å². The van der Waals surface area contributed by atoms with E-state index in [9.17, 15) is 0 Å². The SMILES string of the molecule is CCC(C)(C)CCC(C)CNC(C)(CC)CC. The first-order valence-corrected chi connectivity index (χ1v) is 7.53.